The Bertz CT molecular complexity index is 418. The Balaban J connectivity index is 2.00. The molecule has 21 heavy (non-hydrogen) atoms. The van der Waals surface area contributed by atoms with Crippen molar-refractivity contribution in [2.24, 2.45) is 5.92 Å². The van der Waals surface area contributed by atoms with Crippen molar-refractivity contribution < 1.29 is 8.42 Å². The normalized spacial score (nSPS) is 30.9. The molecule has 2 fully saturated rings. The van der Waals surface area contributed by atoms with Crippen LogP contribution >= 0.6 is 0 Å². The molecule has 4 nitrogen and oxygen atoms in total. The minimum absolute atomic E-state index is 0.301. The van der Waals surface area contributed by atoms with Gasteiger partial charge < -0.3 is 0 Å². The highest BCUT2D eigenvalue weighted by Gasteiger charge is 2.37. The third-order valence-electron chi connectivity index (χ3n) is 5.11. The lowest BCUT2D eigenvalue weighted by Crippen LogP contribution is -2.60. The second-order valence-corrected chi connectivity index (χ2v) is 9.35. The molecule has 0 unspecified atom stereocenters. The predicted octanol–water partition coefficient (Wildman–Crippen LogP) is 2.70. The first kappa shape index (κ1) is 17.2. The Morgan fingerprint density at radius 1 is 1.00 bits per heavy atom. The standard InChI is InChI=1S/C16H32N2O2S/c1-13(2)18-14(3)10-17(11-15(18)4)21(19,20)12-16-8-6-5-7-9-16/h13-16H,5-12H2,1-4H3/t14-,15+. The van der Waals surface area contributed by atoms with E-state index in [-0.39, 0.29) is 0 Å². The molecular formula is C16H32N2O2S. The number of nitrogens with zero attached hydrogens (tertiary/aromatic N) is 2. The SMILES string of the molecule is CC(C)N1[C@H](C)CN(S(=O)(=O)CC2CCCCC2)C[C@@H]1C. The Kier molecular flexibility index (Phi) is 5.71. The van der Waals surface area contributed by atoms with Gasteiger partial charge in [0, 0.05) is 31.2 Å². The number of sulfonamides is 1. The summed E-state index contributed by atoms with van der Waals surface area (Å²) in [7, 11) is -3.09. The van der Waals surface area contributed by atoms with Gasteiger partial charge in [0.05, 0.1) is 5.75 Å². The minimum Gasteiger partial charge on any atom is -0.293 e. The molecule has 1 saturated heterocycles. The van der Waals surface area contributed by atoms with E-state index in [1.165, 1.54) is 19.3 Å². The predicted molar refractivity (Wildman–Crippen MR) is 87.8 cm³/mol. The molecule has 0 N–H and O–H groups in total. The molecule has 5 heteroatoms. The number of hydrogen-bond acceptors (Lipinski definition) is 3. The summed E-state index contributed by atoms with van der Waals surface area (Å²) in [6.07, 6.45) is 5.87. The van der Waals surface area contributed by atoms with E-state index in [4.69, 9.17) is 0 Å². The van der Waals surface area contributed by atoms with Gasteiger partial charge in [0.15, 0.2) is 0 Å². The van der Waals surface area contributed by atoms with Crippen LogP contribution in [0.1, 0.15) is 59.8 Å². The molecule has 124 valence electrons. The second-order valence-electron chi connectivity index (χ2n) is 7.34. The summed E-state index contributed by atoms with van der Waals surface area (Å²) in [5.74, 6) is 0.756. The van der Waals surface area contributed by atoms with Crippen molar-refractivity contribution in [3.05, 3.63) is 0 Å². The lowest BCUT2D eigenvalue weighted by atomic mass is 9.91. The zero-order valence-electron chi connectivity index (χ0n) is 14.1. The van der Waals surface area contributed by atoms with E-state index >= 15 is 0 Å². The van der Waals surface area contributed by atoms with Crippen molar-refractivity contribution >= 4 is 10.0 Å². The Morgan fingerprint density at radius 3 is 2.00 bits per heavy atom. The molecule has 2 aliphatic rings. The average molecular weight is 317 g/mol. The summed E-state index contributed by atoms with van der Waals surface area (Å²) in [5.41, 5.74) is 0. The maximum Gasteiger partial charge on any atom is 0.214 e. The molecule has 0 amide bonds. The van der Waals surface area contributed by atoms with E-state index in [0.717, 1.165) is 12.8 Å². The summed E-state index contributed by atoms with van der Waals surface area (Å²) in [5, 5.41) is 0. The van der Waals surface area contributed by atoms with Gasteiger partial charge in [-0.1, -0.05) is 19.3 Å². The van der Waals surface area contributed by atoms with Gasteiger partial charge in [-0.05, 0) is 46.5 Å². The van der Waals surface area contributed by atoms with Crippen LogP contribution in [0.5, 0.6) is 0 Å². The van der Waals surface area contributed by atoms with Gasteiger partial charge >= 0.3 is 0 Å². The van der Waals surface area contributed by atoms with Gasteiger partial charge in [0.1, 0.15) is 0 Å². The van der Waals surface area contributed by atoms with Crippen molar-refractivity contribution in [1.29, 1.82) is 0 Å². The number of rotatable bonds is 4. The van der Waals surface area contributed by atoms with Crippen LogP contribution in [0.2, 0.25) is 0 Å². The van der Waals surface area contributed by atoms with Crippen LogP contribution in [-0.2, 0) is 10.0 Å². The van der Waals surface area contributed by atoms with E-state index in [0.29, 0.717) is 42.9 Å². The molecule has 1 saturated carbocycles. The molecular weight excluding hydrogens is 284 g/mol. The van der Waals surface area contributed by atoms with E-state index in [2.05, 4.69) is 32.6 Å². The minimum atomic E-state index is -3.09. The lowest BCUT2D eigenvalue weighted by molar-refractivity contribution is 0.0489. The fourth-order valence-electron chi connectivity index (χ4n) is 4.29. The highest BCUT2D eigenvalue weighted by atomic mass is 32.2. The zero-order valence-corrected chi connectivity index (χ0v) is 14.9. The Hall–Kier alpha value is -0.130. The molecule has 1 aliphatic carbocycles. The average Bonchev–Trinajstić information content (AvgIpc) is 2.38. The van der Waals surface area contributed by atoms with Gasteiger partial charge in [-0.3, -0.25) is 4.90 Å². The zero-order chi connectivity index (χ0) is 15.6. The van der Waals surface area contributed by atoms with E-state index in [9.17, 15) is 8.42 Å². The maximum atomic E-state index is 12.7. The summed E-state index contributed by atoms with van der Waals surface area (Å²) in [4.78, 5) is 2.44. The summed E-state index contributed by atoms with van der Waals surface area (Å²) in [6.45, 7) is 9.99. The van der Waals surface area contributed by atoms with E-state index in [1.807, 2.05) is 0 Å². The molecule has 1 aliphatic heterocycles. The molecule has 0 aromatic heterocycles. The van der Waals surface area contributed by atoms with Gasteiger partial charge in [-0.15, -0.1) is 0 Å². The van der Waals surface area contributed by atoms with Crippen LogP contribution in [0.15, 0.2) is 0 Å². The first-order valence-electron chi connectivity index (χ1n) is 8.56. The third kappa shape index (κ3) is 4.20. The van der Waals surface area contributed by atoms with Gasteiger partial charge in [0.25, 0.3) is 0 Å². The van der Waals surface area contributed by atoms with E-state index in [1.54, 1.807) is 4.31 Å². The molecule has 0 radical (unpaired) electrons. The van der Waals surface area contributed by atoms with Crippen LogP contribution in [0, 0.1) is 5.92 Å². The van der Waals surface area contributed by atoms with Crippen molar-refractivity contribution in [3.8, 4) is 0 Å². The molecule has 0 aromatic carbocycles. The summed E-state index contributed by atoms with van der Waals surface area (Å²) in [6, 6.07) is 1.07. The lowest BCUT2D eigenvalue weighted by Gasteiger charge is -2.46. The molecule has 0 bridgehead atoms. The van der Waals surface area contributed by atoms with Crippen LogP contribution in [-0.4, -0.2) is 54.6 Å². The third-order valence-corrected chi connectivity index (χ3v) is 7.09. The second kappa shape index (κ2) is 6.97. The highest BCUT2D eigenvalue weighted by Crippen LogP contribution is 2.27. The monoisotopic (exact) mass is 316 g/mol. The fraction of sp³-hybridized carbons (Fsp3) is 1.00. The van der Waals surface area contributed by atoms with Gasteiger partial charge in [-0.25, -0.2) is 8.42 Å². The molecule has 0 spiro atoms. The smallest absolute Gasteiger partial charge is 0.214 e. The Morgan fingerprint density at radius 2 is 1.52 bits per heavy atom. The maximum absolute atomic E-state index is 12.7. The van der Waals surface area contributed by atoms with E-state index < -0.39 is 10.0 Å². The Labute approximate surface area is 130 Å². The number of hydrogen-bond donors (Lipinski definition) is 0. The molecule has 2 rings (SSSR count). The van der Waals surface area contributed by atoms with Crippen LogP contribution in [0.4, 0.5) is 0 Å². The van der Waals surface area contributed by atoms with Crippen LogP contribution in [0.25, 0.3) is 0 Å². The van der Waals surface area contributed by atoms with Gasteiger partial charge in [0.2, 0.25) is 10.0 Å². The summed E-state index contributed by atoms with van der Waals surface area (Å²) < 4.78 is 27.2. The fourth-order valence-corrected chi connectivity index (χ4v) is 6.31. The van der Waals surface area contributed by atoms with Crippen LogP contribution < -0.4 is 0 Å². The van der Waals surface area contributed by atoms with Crippen molar-refractivity contribution in [3.63, 3.8) is 0 Å². The molecule has 0 aromatic rings. The highest BCUT2D eigenvalue weighted by molar-refractivity contribution is 7.89. The van der Waals surface area contributed by atoms with Crippen molar-refractivity contribution in [2.75, 3.05) is 18.8 Å². The topological polar surface area (TPSA) is 40.6 Å². The quantitative estimate of drug-likeness (QED) is 0.800. The first-order chi connectivity index (χ1) is 9.81. The number of piperazine rings is 1. The summed E-state index contributed by atoms with van der Waals surface area (Å²) >= 11 is 0. The molecule has 1 heterocycles. The van der Waals surface area contributed by atoms with Crippen molar-refractivity contribution in [1.82, 2.24) is 9.21 Å². The van der Waals surface area contributed by atoms with Gasteiger partial charge in [-0.2, -0.15) is 4.31 Å². The molecule has 2 atom stereocenters. The van der Waals surface area contributed by atoms with Crippen LogP contribution in [0.3, 0.4) is 0 Å². The largest absolute Gasteiger partial charge is 0.293 e. The van der Waals surface area contributed by atoms with Crippen molar-refractivity contribution in [2.45, 2.75) is 77.9 Å². The first-order valence-corrected chi connectivity index (χ1v) is 10.2.